The number of hydrogen-bond donors (Lipinski definition) is 1. The predicted molar refractivity (Wildman–Crippen MR) is 91.8 cm³/mol. The molecule has 3 aromatic rings. The zero-order chi connectivity index (χ0) is 17.2. The van der Waals surface area contributed by atoms with Crippen molar-refractivity contribution in [1.29, 1.82) is 0 Å². The van der Waals surface area contributed by atoms with Crippen LogP contribution in [0.15, 0.2) is 42.7 Å². The number of H-pyrrole nitrogens is 1. The first kappa shape index (κ1) is 15.4. The number of rotatable bonds is 4. The van der Waals surface area contributed by atoms with E-state index in [0.29, 0.717) is 24.8 Å². The smallest absolute Gasteiger partial charge is 0.316 e. The molecular formula is C18H18N4O3. The van der Waals surface area contributed by atoms with Crippen molar-refractivity contribution in [1.82, 2.24) is 19.9 Å². The fourth-order valence-electron chi connectivity index (χ4n) is 3.02. The number of ether oxygens (including phenoxy) is 2. The Kier molecular flexibility index (Phi) is 3.97. The van der Waals surface area contributed by atoms with Crippen molar-refractivity contribution >= 4 is 16.8 Å². The lowest BCUT2D eigenvalue weighted by atomic mass is 10.2. The second kappa shape index (κ2) is 6.43. The van der Waals surface area contributed by atoms with Gasteiger partial charge in [-0.1, -0.05) is 0 Å². The van der Waals surface area contributed by atoms with Crippen LogP contribution >= 0.6 is 0 Å². The monoisotopic (exact) mass is 338 g/mol. The lowest BCUT2D eigenvalue weighted by Gasteiger charge is -2.15. The maximum Gasteiger partial charge on any atom is 0.316 e. The molecule has 1 amide bonds. The van der Waals surface area contributed by atoms with Crippen molar-refractivity contribution in [3.05, 3.63) is 48.4 Å². The van der Waals surface area contributed by atoms with E-state index in [4.69, 9.17) is 9.47 Å². The maximum absolute atomic E-state index is 12.7. The number of nitrogens with zero attached hydrogens (tertiary/aromatic N) is 3. The number of likely N-dealkylation sites (tertiary alicyclic amines) is 1. The lowest BCUT2D eigenvalue weighted by Crippen LogP contribution is -2.31. The van der Waals surface area contributed by atoms with Crippen LogP contribution in [0.5, 0.6) is 11.8 Å². The number of amides is 1. The van der Waals surface area contributed by atoms with Gasteiger partial charge in [0.25, 0.3) is 5.91 Å². The van der Waals surface area contributed by atoms with Gasteiger partial charge in [0.15, 0.2) is 0 Å². The van der Waals surface area contributed by atoms with E-state index in [1.165, 1.54) is 0 Å². The van der Waals surface area contributed by atoms with Crippen molar-refractivity contribution in [2.24, 2.45) is 0 Å². The Morgan fingerprint density at radius 3 is 2.92 bits per heavy atom. The number of aromatic nitrogens is 3. The van der Waals surface area contributed by atoms with E-state index >= 15 is 0 Å². The van der Waals surface area contributed by atoms with Gasteiger partial charge in [-0.15, -0.1) is 0 Å². The topological polar surface area (TPSA) is 80.3 Å². The number of aromatic amines is 1. The molecule has 128 valence electrons. The Morgan fingerprint density at radius 1 is 1.28 bits per heavy atom. The van der Waals surface area contributed by atoms with Crippen molar-refractivity contribution in [2.45, 2.75) is 12.5 Å². The van der Waals surface area contributed by atoms with E-state index in [2.05, 4.69) is 15.0 Å². The van der Waals surface area contributed by atoms with Crippen molar-refractivity contribution in [3.8, 4) is 11.8 Å². The summed E-state index contributed by atoms with van der Waals surface area (Å²) < 4.78 is 11.0. The molecule has 0 saturated carbocycles. The number of methoxy groups -OCH3 is 1. The van der Waals surface area contributed by atoms with Crippen LogP contribution in [-0.2, 0) is 0 Å². The molecule has 0 aliphatic carbocycles. The molecule has 1 aliphatic heterocycles. The molecule has 1 N–H and O–H groups in total. The normalized spacial score (nSPS) is 17.0. The summed E-state index contributed by atoms with van der Waals surface area (Å²) in [6.45, 7) is 1.17. The first-order chi connectivity index (χ1) is 12.2. The number of nitrogens with one attached hydrogen (secondary N) is 1. The van der Waals surface area contributed by atoms with Crippen LogP contribution in [0.4, 0.5) is 0 Å². The van der Waals surface area contributed by atoms with Gasteiger partial charge in [-0.25, -0.2) is 9.97 Å². The Morgan fingerprint density at radius 2 is 2.12 bits per heavy atom. The van der Waals surface area contributed by atoms with Gasteiger partial charge in [0.05, 0.1) is 13.7 Å². The standard InChI is InChI=1S/C18H18N4O3/c1-24-13-4-3-12-9-16(21-15(12)10-13)17(23)22-8-5-14(11-22)25-18-19-6-2-7-20-18/h2-4,6-7,9-10,14,21H,5,8,11H2,1H3. The molecule has 25 heavy (non-hydrogen) atoms. The highest BCUT2D eigenvalue weighted by Gasteiger charge is 2.29. The molecule has 1 aliphatic rings. The number of hydrogen-bond acceptors (Lipinski definition) is 5. The molecular weight excluding hydrogens is 320 g/mol. The Hall–Kier alpha value is -3.09. The highest BCUT2D eigenvalue weighted by molar-refractivity contribution is 5.98. The number of carbonyl (C=O) groups excluding carboxylic acids is 1. The molecule has 2 aromatic heterocycles. The Labute approximate surface area is 144 Å². The Bertz CT molecular complexity index is 894. The van der Waals surface area contributed by atoms with Gasteiger partial charge in [-0.2, -0.15) is 0 Å². The lowest BCUT2D eigenvalue weighted by molar-refractivity contribution is 0.0765. The molecule has 0 radical (unpaired) electrons. The highest BCUT2D eigenvalue weighted by Crippen LogP contribution is 2.23. The second-order valence-corrected chi connectivity index (χ2v) is 5.95. The van der Waals surface area contributed by atoms with Crippen molar-refractivity contribution in [2.75, 3.05) is 20.2 Å². The van der Waals surface area contributed by atoms with Gasteiger partial charge in [0.1, 0.15) is 17.5 Å². The summed E-state index contributed by atoms with van der Waals surface area (Å²) >= 11 is 0. The largest absolute Gasteiger partial charge is 0.497 e. The Balaban J connectivity index is 1.46. The predicted octanol–water partition coefficient (Wildman–Crippen LogP) is 2.26. The minimum absolute atomic E-state index is 0.0322. The van der Waals surface area contributed by atoms with Crippen molar-refractivity contribution in [3.63, 3.8) is 0 Å². The minimum atomic E-state index is -0.0872. The van der Waals surface area contributed by atoms with E-state index < -0.39 is 0 Å². The molecule has 1 unspecified atom stereocenters. The second-order valence-electron chi connectivity index (χ2n) is 5.95. The summed E-state index contributed by atoms with van der Waals surface area (Å²) in [6.07, 6.45) is 3.95. The van der Waals surface area contributed by atoms with Crippen LogP contribution in [-0.4, -0.2) is 52.1 Å². The zero-order valence-electron chi connectivity index (χ0n) is 13.8. The van der Waals surface area contributed by atoms with Gasteiger partial charge in [0.2, 0.25) is 0 Å². The van der Waals surface area contributed by atoms with E-state index in [9.17, 15) is 4.79 Å². The average molecular weight is 338 g/mol. The third kappa shape index (κ3) is 3.13. The first-order valence-corrected chi connectivity index (χ1v) is 8.12. The molecule has 1 aromatic carbocycles. The van der Waals surface area contributed by atoms with Crippen LogP contribution in [0.25, 0.3) is 10.9 Å². The van der Waals surface area contributed by atoms with Crippen LogP contribution < -0.4 is 9.47 Å². The highest BCUT2D eigenvalue weighted by atomic mass is 16.5. The van der Waals surface area contributed by atoms with Crippen molar-refractivity contribution < 1.29 is 14.3 Å². The van der Waals surface area contributed by atoms with E-state index in [1.807, 2.05) is 24.3 Å². The van der Waals surface area contributed by atoms with E-state index in [1.54, 1.807) is 30.5 Å². The number of fused-ring (bicyclic) bond motifs is 1. The van der Waals surface area contributed by atoms with Gasteiger partial charge in [-0.3, -0.25) is 4.79 Å². The van der Waals surface area contributed by atoms with Gasteiger partial charge in [-0.05, 0) is 24.3 Å². The molecule has 1 saturated heterocycles. The molecule has 0 spiro atoms. The molecule has 7 heteroatoms. The minimum Gasteiger partial charge on any atom is -0.497 e. The zero-order valence-corrected chi connectivity index (χ0v) is 13.8. The third-order valence-corrected chi connectivity index (χ3v) is 4.31. The third-order valence-electron chi connectivity index (χ3n) is 4.31. The van der Waals surface area contributed by atoms with Gasteiger partial charge < -0.3 is 19.4 Å². The quantitative estimate of drug-likeness (QED) is 0.789. The molecule has 4 rings (SSSR count). The van der Waals surface area contributed by atoms with Crippen LogP contribution in [0.3, 0.4) is 0 Å². The molecule has 0 bridgehead atoms. The number of carbonyl (C=O) groups is 1. The average Bonchev–Trinajstić information content (AvgIpc) is 3.28. The van der Waals surface area contributed by atoms with Crippen LogP contribution in [0.2, 0.25) is 0 Å². The van der Waals surface area contributed by atoms with Gasteiger partial charge in [0, 0.05) is 42.3 Å². The van der Waals surface area contributed by atoms with Crippen LogP contribution in [0.1, 0.15) is 16.9 Å². The molecule has 1 atom stereocenters. The molecule has 7 nitrogen and oxygen atoms in total. The van der Waals surface area contributed by atoms with Gasteiger partial charge >= 0.3 is 6.01 Å². The SMILES string of the molecule is COc1ccc2cc(C(=O)N3CCC(Oc4ncccn4)C3)[nH]c2c1. The summed E-state index contributed by atoms with van der Waals surface area (Å²) in [4.78, 5) is 25.8. The number of benzene rings is 1. The fourth-order valence-corrected chi connectivity index (χ4v) is 3.02. The summed E-state index contributed by atoms with van der Waals surface area (Å²) in [5, 5.41) is 0.980. The molecule has 3 heterocycles. The van der Waals surface area contributed by atoms with Crippen LogP contribution in [0, 0.1) is 0 Å². The summed E-state index contributed by atoms with van der Waals surface area (Å²) in [5.74, 6) is 0.723. The summed E-state index contributed by atoms with van der Waals surface area (Å²) in [6, 6.07) is 9.65. The van der Waals surface area contributed by atoms with E-state index in [0.717, 1.165) is 23.1 Å². The maximum atomic E-state index is 12.7. The fraction of sp³-hybridized carbons (Fsp3) is 0.278. The first-order valence-electron chi connectivity index (χ1n) is 8.12. The summed E-state index contributed by atoms with van der Waals surface area (Å²) in [7, 11) is 1.62. The van der Waals surface area contributed by atoms with E-state index in [-0.39, 0.29) is 12.0 Å². The summed E-state index contributed by atoms with van der Waals surface area (Å²) in [5.41, 5.74) is 1.45. The molecule has 1 fully saturated rings.